The van der Waals surface area contributed by atoms with E-state index in [1.165, 1.54) is 0 Å². The van der Waals surface area contributed by atoms with E-state index in [1.807, 2.05) is 0 Å². The molecule has 6 nitrogen and oxygen atoms in total. The lowest BCUT2D eigenvalue weighted by atomic mass is 9.81. The van der Waals surface area contributed by atoms with Crippen molar-refractivity contribution in [1.29, 1.82) is 0 Å². The average Bonchev–Trinajstić information content (AvgIpc) is 2.58. The SMILES string of the molecule is CS(=O)(=O)c1ccc(C(=O)C2C(=O)CCCC2=O)c(Cl)c1COC(F)C(F)F. The number of ether oxygens (including phenoxy) is 1. The molecule has 1 fully saturated rings. The molecule has 1 unspecified atom stereocenters. The third-order valence-electron chi connectivity index (χ3n) is 4.20. The maximum atomic E-state index is 13.1. The van der Waals surface area contributed by atoms with E-state index in [4.69, 9.17) is 11.6 Å². The van der Waals surface area contributed by atoms with Crippen molar-refractivity contribution in [2.24, 2.45) is 5.92 Å². The molecule has 11 heteroatoms. The Kier molecular flexibility index (Phi) is 7.00. The number of carbonyl (C=O) groups is 3. The summed E-state index contributed by atoms with van der Waals surface area (Å²) < 4.78 is 65.9. The highest BCUT2D eigenvalue weighted by atomic mass is 35.5. The number of Topliss-reactive ketones (excluding diaryl/α,β-unsaturated/α-hetero) is 3. The van der Waals surface area contributed by atoms with E-state index in [9.17, 15) is 36.0 Å². The fraction of sp³-hybridized carbons (Fsp3) is 0.471. The van der Waals surface area contributed by atoms with Crippen LogP contribution in [0.4, 0.5) is 13.2 Å². The first kappa shape index (κ1) is 22.5. The molecule has 0 spiro atoms. The predicted octanol–water partition coefficient (Wildman–Crippen LogP) is 2.94. The number of benzene rings is 1. The summed E-state index contributed by atoms with van der Waals surface area (Å²) in [5.74, 6) is -3.64. The maximum absolute atomic E-state index is 13.1. The van der Waals surface area contributed by atoms with Crippen LogP contribution >= 0.6 is 11.6 Å². The Labute approximate surface area is 163 Å². The second-order valence-electron chi connectivity index (χ2n) is 6.26. The minimum Gasteiger partial charge on any atom is -0.339 e. The van der Waals surface area contributed by atoms with Gasteiger partial charge in [0.05, 0.1) is 16.5 Å². The molecule has 1 aromatic rings. The molecule has 1 aliphatic rings. The number of hydrogen-bond acceptors (Lipinski definition) is 6. The minimum atomic E-state index is -3.93. The van der Waals surface area contributed by atoms with E-state index in [1.54, 1.807) is 0 Å². The number of hydrogen-bond donors (Lipinski definition) is 0. The van der Waals surface area contributed by atoms with Gasteiger partial charge in [0.2, 0.25) is 0 Å². The van der Waals surface area contributed by atoms with Crippen molar-refractivity contribution < 1.29 is 40.7 Å². The fourth-order valence-corrected chi connectivity index (χ4v) is 4.16. The van der Waals surface area contributed by atoms with Crippen molar-refractivity contribution in [2.75, 3.05) is 6.26 Å². The van der Waals surface area contributed by atoms with Crippen LogP contribution in [0.15, 0.2) is 17.0 Å². The van der Waals surface area contributed by atoms with E-state index in [0.717, 1.165) is 18.4 Å². The summed E-state index contributed by atoms with van der Waals surface area (Å²) in [5.41, 5.74) is -0.747. The molecule has 2 rings (SSSR count). The van der Waals surface area contributed by atoms with Gasteiger partial charge in [-0.15, -0.1) is 0 Å². The lowest BCUT2D eigenvalue weighted by Crippen LogP contribution is -2.35. The molecule has 154 valence electrons. The zero-order chi connectivity index (χ0) is 21.2. The first-order valence-electron chi connectivity index (χ1n) is 8.10. The van der Waals surface area contributed by atoms with Crippen LogP contribution in [0.2, 0.25) is 5.02 Å². The largest absolute Gasteiger partial charge is 0.339 e. The topological polar surface area (TPSA) is 94.6 Å². The van der Waals surface area contributed by atoms with Crippen LogP contribution in [0, 0.1) is 5.92 Å². The van der Waals surface area contributed by atoms with E-state index in [-0.39, 0.29) is 18.4 Å². The van der Waals surface area contributed by atoms with Gasteiger partial charge in [-0.05, 0) is 18.6 Å². The number of alkyl halides is 3. The number of ketones is 3. The van der Waals surface area contributed by atoms with Crippen LogP contribution in [0.3, 0.4) is 0 Å². The standard InChI is InChI=1S/C17H16ClF3O6S/c1-28(25,26)12-6-5-8(14(18)9(12)7-27-17(21)16(19)20)15(24)13-10(22)3-2-4-11(13)23/h5-6,13,16-17H,2-4,7H2,1H3. The predicted molar refractivity (Wildman–Crippen MR) is 91.9 cm³/mol. The molecule has 1 aliphatic carbocycles. The Morgan fingerprint density at radius 1 is 1.21 bits per heavy atom. The molecule has 0 N–H and O–H groups in total. The highest BCUT2D eigenvalue weighted by Gasteiger charge is 2.38. The highest BCUT2D eigenvalue weighted by molar-refractivity contribution is 7.90. The van der Waals surface area contributed by atoms with Crippen molar-refractivity contribution in [3.05, 3.63) is 28.3 Å². The molecule has 0 aliphatic heterocycles. The Morgan fingerprint density at radius 3 is 2.29 bits per heavy atom. The first-order chi connectivity index (χ1) is 12.9. The number of halogens is 4. The lowest BCUT2D eigenvalue weighted by Gasteiger charge is -2.20. The summed E-state index contributed by atoms with van der Waals surface area (Å²) in [6, 6.07) is 2.00. The monoisotopic (exact) mass is 440 g/mol. The normalized spacial score (nSPS) is 17.2. The van der Waals surface area contributed by atoms with Gasteiger partial charge in [0.1, 0.15) is 5.92 Å². The Hall–Kier alpha value is -1.78. The summed E-state index contributed by atoms with van der Waals surface area (Å²) in [5, 5.41) is -0.499. The summed E-state index contributed by atoms with van der Waals surface area (Å²) >= 11 is 6.09. The summed E-state index contributed by atoms with van der Waals surface area (Å²) in [6.07, 6.45) is -5.26. The summed E-state index contributed by atoms with van der Waals surface area (Å²) in [7, 11) is -3.93. The summed E-state index contributed by atoms with van der Waals surface area (Å²) in [4.78, 5) is 36.2. The Morgan fingerprint density at radius 2 is 1.79 bits per heavy atom. The highest BCUT2D eigenvalue weighted by Crippen LogP contribution is 2.32. The molecule has 0 aromatic heterocycles. The van der Waals surface area contributed by atoms with Crippen molar-refractivity contribution in [3.63, 3.8) is 0 Å². The number of sulfone groups is 1. The van der Waals surface area contributed by atoms with Crippen LogP contribution in [-0.4, -0.2) is 44.8 Å². The van der Waals surface area contributed by atoms with Crippen molar-refractivity contribution in [3.8, 4) is 0 Å². The molecule has 1 aromatic carbocycles. The van der Waals surface area contributed by atoms with Gasteiger partial charge < -0.3 is 4.74 Å². The van der Waals surface area contributed by atoms with Gasteiger partial charge in [0.15, 0.2) is 27.2 Å². The molecular formula is C17H16ClF3O6S. The van der Waals surface area contributed by atoms with Crippen LogP contribution in [0.1, 0.15) is 35.2 Å². The van der Waals surface area contributed by atoms with Gasteiger partial charge in [-0.3, -0.25) is 14.4 Å². The lowest BCUT2D eigenvalue weighted by molar-refractivity contribution is -0.135. The van der Waals surface area contributed by atoms with Crippen molar-refractivity contribution in [2.45, 2.75) is 43.5 Å². The van der Waals surface area contributed by atoms with E-state index in [0.29, 0.717) is 6.42 Å². The molecule has 0 bridgehead atoms. The van der Waals surface area contributed by atoms with E-state index in [2.05, 4.69) is 4.74 Å². The van der Waals surface area contributed by atoms with Crippen LogP contribution < -0.4 is 0 Å². The van der Waals surface area contributed by atoms with Crippen molar-refractivity contribution >= 4 is 38.8 Å². The van der Waals surface area contributed by atoms with Gasteiger partial charge >= 0.3 is 0 Å². The van der Waals surface area contributed by atoms with E-state index < -0.39 is 68.0 Å². The molecule has 0 radical (unpaired) electrons. The van der Waals surface area contributed by atoms with Crippen LogP contribution in [-0.2, 0) is 30.8 Å². The van der Waals surface area contributed by atoms with E-state index >= 15 is 0 Å². The van der Waals surface area contributed by atoms with Crippen LogP contribution in [0.25, 0.3) is 0 Å². The minimum absolute atomic E-state index is 0.0368. The number of carbonyl (C=O) groups excluding carboxylic acids is 3. The molecule has 0 heterocycles. The zero-order valence-electron chi connectivity index (χ0n) is 14.6. The average molecular weight is 441 g/mol. The third kappa shape index (κ3) is 4.79. The first-order valence-corrected chi connectivity index (χ1v) is 10.4. The second-order valence-corrected chi connectivity index (χ2v) is 8.62. The second kappa shape index (κ2) is 8.71. The van der Waals surface area contributed by atoms with Crippen LogP contribution in [0.5, 0.6) is 0 Å². The fourth-order valence-electron chi connectivity index (χ4n) is 2.86. The van der Waals surface area contributed by atoms with Gasteiger partial charge in [-0.1, -0.05) is 11.6 Å². The maximum Gasteiger partial charge on any atom is 0.293 e. The van der Waals surface area contributed by atoms with Gasteiger partial charge in [-0.2, -0.15) is 0 Å². The van der Waals surface area contributed by atoms with Gasteiger partial charge in [0.25, 0.3) is 12.8 Å². The molecule has 0 amide bonds. The molecular weight excluding hydrogens is 425 g/mol. The zero-order valence-corrected chi connectivity index (χ0v) is 16.2. The Balaban J connectivity index is 2.49. The molecule has 1 atom stereocenters. The van der Waals surface area contributed by atoms with Crippen molar-refractivity contribution in [1.82, 2.24) is 0 Å². The number of rotatable bonds is 7. The third-order valence-corrected chi connectivity index (χ3v) is 5.82. The van der Waals surface area contributed by atoms with Gasteiger partial charge in [0, 0.05) is 30.2 Å². The molecule has 1 saturated carbocycles. The quantitative estimate of drug-likeness (QED) is 0.478. The summed E-state index contributed by atoms with van der Waals surface area (Å²) in [6.45, 7) is -0.958. The molecule has 28 heavy (non-hydrogen) atoms. The Bertz CT molecular complexity index is 900. The molecule has 0 saturated heterocycles. The smallest absolute Gasteiger partial charge is 0.293 e. The van der Waals surface area contributed by atoms with Gasteiger partial charge in [-0.25, -0.2) is 21.6 Å².